The Morgan fingerprint density at radius 3 is 2.77 bits per heavy atom. The summed E-state index contributed by atoms with van der Waals surface area (Å²) in [5.41, 5.74) is -0.564. The highest BCUT2D eigenvalue weighted by atomic mass is 79.9. The maximum absolute atomic E-state index is 14.9. The van der Waals surface area contributed by atoms with Crippen LogP contribution in [0.5, 0.6) is 0 Å². The fraction of sp³-hybridized carbons (Fsp3) is 0.333. The lowest BCUT2D eigenvalue weighted by molar-refractivity contribution is -0.0653. The fourth-order valence-corrected chi connectivity index (χ4v) is 5.31. The molecule has 0 spiro atoms. The second kappa shape index (κ2) is 8.72. The Bertz CT molecular complexity index is 992. The smallest absolute Gasteiger partial charge is 0.257 e. The third-order valence-electron chi connectivity index (χ3n) is 5.39. The van der Waals surface area contributed by atoms with Crippen LogP contribution in [0.15, 0.2) is 51.9 Å². The highest BCUT2D eigenvalue weighted by Crippen LogP contribution is 2.47. The molecule has 2 heterocycles. The Kier molecular flexibility index (Phi) is 6.22. The Labute approximate surface area is 184 Å². The summed E-state index contributed by atoms with van der Waals surface area (Å²) < 4.78 is 47.7. The molecule has 0 bridgehead atoms. The zero-order chi connectivity index (χ0) is 21.3. The highest BCUT2D eigenvalue weighted by Gasteiger charge is 2.50. The topological polar surface area (TPSA) is 50.7 Å². The van der Waals surface area contributed by atoms with Gasteiger partial charge in [-0.15, -0.1) is 0 Å². The standard InChI is InChI=1S/C21H18BrF3N2O2S/c22-16-7-15(17(24)8-18(16)25)21-11-29-14(9-23)6-13(21)10-30-20(27-21)26-19(28)12-4-2-1-3-5-12/h1-5,7-8,13-14H,6,9-11H2,(H,26,27,28)/t13-,14+,21-/m0/s1. The maximum atomic E-state index is 14.9. The van der Waals surface area contributed by atoms with Crippen molar-refractivity contribution in [3.63, 3.8) is 0 Å². The van der Waals surface area contributed by atoms with Crippen molar-refractivity contribution in [3.8, 4) is 0 Å². The van der Waals surface area contributed by atoms with Crippen molar-refractivity contribution in [3.05, 3.63) is 69.7 Å². The van der Waals surface area contributed by atoms with E-state index in [1.54, 1.807) is 30.3 Å². The van der Waals surface area contributed by atoms with Crippen LogP contribution >= 0.6 is 27.7 Å². The number of ether oxygens (including phenoxy) is 1. The molecule has 2 aromatic rings. The molecule has 0 saturated carbocycles. The molecule has 4 nitrogen and oxygen atoms in total. The SMILES string of the molecule is O=C(NC1=N[C@@]2(c3cc(Br)c(F)cc3F)CO[C@@H](CF)C[C@H]2CS1)c1ccccc1. The number of carbonyl (C=O) groups excluding carboxylic acids is 1. The summed E-state index contributed by atoms with van der Waals surface area (Å²) in [6, 6.07) is 10.8. The zero-order valence-corrected chi connectivity index (χ0v) is 18.1. The van der Waals surface area contributed by atoms with E-state index in [4.69, 9.17) is 4.74 Å². The van der Waals surface area contributed by atoms with E-state index >= 15 is 0 Å². The van der Waals surface area contributed by atoms with Gasteiger partial charge in [0.1, 0.15) is 23.8 Å². The van der Waals surface area contributed by atoms with E-state index in [0.717, 1.165) is 6.07 Å². The first-order valence-corrected chi connectivity index (χ1v) is 11.1. The summed E-state index contributed by atoms with van der Waals surface area (Å²) in [6.45, 7) is -0.708. The second-order valence-corrected chi connectivity index (χ2v) is 9.10. The number of aliphatic imine (C=N–C) groups is 1. The number of alkyl halides is 1. The number of hydrogen-bond donors (Lipinski definition) is 1. The maximum Gasteiger partial charge on any atom is 0.257 e. The minimum Gasteiger partial charge on any atom is -0.373 e. The van der Waals surface area contributed by atoms with Crippen LogP contribution in [-0.2, 0) is 10.3 Å². The van der Waals surface area contributed by atoms with Gasteiger partial charge in [0.25, 0.3) is 5.91 Å². The van der Waals surface area contributed by atoms with Crippen LogP contribution in [0.4, 0.5) is 13.2 Å². The molecule has 0 aliphatic carbocycles. The Hall–Kier alpha value is -1.84. The third kappa shape index (κ3) is 4.02. The number of nitrogens with one attached hydrogen (secondary N) is 1. The lowest BCUT2D eigenvalue weighted by Crippen LogP contribution is -2.51. The summed E-state index contributed by atoms with van der Waals surface area (Å²) >= 11 is 4.43. The number of amides is 1. The largest absolute Gasteiger partial charge is 0.373 e. The van der Waals surface area contributed by atoms with Crippen molar-refractivity contribution in [2.24, 2.45) is 10.9 Å². The van der Waals surface area contributed by atoms with E-state index < -0.39 is 30.0 Å². The molecule has 0 unspecified atom stereocenters. The molecule has 1 amide bonds. The van der Waals surface area contributed by atoms with Crippen molar-refractivity contribution in [1.29, 1.82) is 0 Å². The summed E-state index contributed by atoms with van der Waals surface area (Å²) in [5, 5.41) is 3.09. The van der Waals surface area contributed by atoms with E-state index in [9.17, 15) is 18.0 Å². The van der Waals surface area contributed by atoms with E-state index in [0.29, 0.717) is 22.9 Å². The van der Waals surface area contributed by atoms with Crippen LogP contribution in [0.3, 0.4) is 0 Å². The Morgan fingerprint density at radius 2 is 2.03 bits per heavy atom. The monoisotopic (exact) mass is 498 g/mol. The van der Waals surface area contributed by atoms with E-state index in [-0.39, 0.29) is 28.5 Å². The average Bonchev–Trinajstić information content (AvgIpc) is 2.76. The number of amidine groups is 1. The number of thioether (sulfide) groups is 1. The van der Waals surface area contributed by atoms with Gasteiger partial charge in [0, 0.05) is 28.9 Å². The van der Waals surface area contributed by atoms with Gasteiger partial charge < -0.3 is 10.1 Å². The molecule has 1 fully saturated rings. The fourth-order valence-electron chi connectivity index (χ4n) is 3.81. The summed E-state index contributed by atoms with van der Waals surface area (Å²) in [4.78, 5) is 17.2. The minimum absolute atomic E-state index is 0.0630. The van der Waals surface area contributed by atoms with Gasteiger partial charge in [0.15, 0.2) is 5.17 Å². The molecular weight excluding hydrogens is 481 g/mol. The summed E-state index contributed by atoms with van der Waals surface area (Å²) in [6.07, 6.45) is -0.243. The molecule has 4 rings (SSSR count). The molecule has 158 valence electrons. The normalized spacial score (nSPS) is 25.9. The average molecular weight is 499 g/mol. The molecule has 30 heavy (non-hydrogen) atoms. The molecule has 2 aliphatic heterocycles. The van der Waals surface area contributed by atoms with Gasteiger partial charge in [-0.1, -0.05) is 30.0 Å². The van der Waals surface area contributed by atoms with Crippen molar-refractivity contribution < 1.29 is 22.7 Å². The molecule has 0 radical (unpaired) electrons. The van der Waals surface area contributed by atoms with Crippen LogP contribution in [-0.4, -0.2) is 36.2 Å². The van der Waals surface area contributed by atoms with Crippen LogP contribution in [0.1, 0.15) is 22.3 Å². The molecule has 2 aliphatic rings. The molecule has 9 heteroatoms. The quantitative estimate of drug-likeness (QED) is 0.616. The number of rotatable bonds is 3. The van der Waals surface area contributed by atoms with Gasteiger partial charge >= 0.3 is 0 Å². The van der Waals surface area contributed by atoms with E-state index in [2.05, 4.69) is 26.2 Å². The minimum atomic E-state index is -1.18. The molecule has 0 aromatic heterocycles. The number of nitrogens with zero attached hydrogens (tertiary/aromatic N) is 1. The number of carbonyl (C=O) groups is 1. The van der Waals surface area contributed by atoms with Crippen molar-refractivity contribution in [2.75, 3.05) is 19.0 Å². The molecule has 1 N–H and O–H groups in total. The van der Waals surface area contributed by atoms with Crippen molar-refractivity contribution >= 4 is 38.8 Å². The molecule has 2 aromatic carbocycles. The van der Waals surface area contributed by atoms with E-state index in [1.165, 1.54) is 17.8 Å². The first-order valence-electron chi connectivity index (χ1n) is 9.34. The van der Waals surface area contributed by atoms with Crippen LogP contribution in [0.25, 0.3) is 0 Å². The Morgan fingerprint density at radius 1 is 1.27 bits per heavy atom. The van der Waals surface area contributed by atoms with Gasteiger partial charge in [-0.2, -0.15) is 0 Å². The first kappa shape index (κ1) is 21.4. The van der Waals surface area contributed by atoms with Crippen LogP contribution in [0.2, 0.25) is 0 Å². The number of fused-ring (bicyclic) bond motifs is 1. The number of hydrogen-bond acceptors (Lipinski definition) is 4. The summed E-state index contributed by atoms with van der Waals surface area (Å²) in [7, 11) is 0. The predicted molar refractivity (Wildman–Crippen MR) is 113 cm³/mol. The molecule has 3 atom stereocenters. The molecule has 1 saturated heterocycles. The third-order valence-corrected chi connectivity index (χ3v) is 7.03. The number of halogens is 4. The Balaban J connectivity index is 1.73. The first-order chi connectivity index (χ1) is 14.4. The van der Waals surface area contributed by atoms with Gasteiger partial charge in [-0.05, 0) is 40.5 Å². The lowest BCUT2D eigenvalue weighted by Gasteiger charge is -2.46. The van der Waals surface area contributed by atoms with Crippen LogP contribution in [0, 0.1) is 17.6 Å². The number of benzene rings is 2. The van der Waals surface area contributed by atoms with Crippen LogP contribution < -0.4 is 5.32 Å². The van der Waals surface area contributed by atoms with Gasteiger partial charge in [-0.25, -0.2) is 18.2 Å². The highest BCUT2D eigenvalue weighted by molar-refractivity contribution is 9.10. The van der Waals surface area contributed by atoms with Crippen molar-refractivity contribution in [1.82, 2.24) is 5.32 Å². The summed E-state index contributed by atoms with van der Waals surface area (Å²) in [5.74, 6) is -1.57. The molecular formula is C21H18BrF3N2O2S. The lowest BCUT2D eigenvalue weighted by atomic mass is 9.75. The zero-order valence-electron chi connectivity index (χ0n) is 15.7. The van der Waals surface area contributed by atoms with E-state index in [1.807, 2.05) is 0 Å². The predicted octanol–water partition coefficient (Wildman–Crippen LogP) is 4.83. The van der Waals surface area contributed by atoms with Gasteiger partial charge in [0.05, 0.1) is 17.2 Å². The van der Waals surface area contributed by atoms with Crippen molar-refractivity contribution in [2.45, 2.75) is 18.1 Å². The van der Waals surface area contributed by atoms with Gasteiger partial charge in [-0.3, -0.25) is 4.79 Å². The second-order valence-electron chi connectivity index (χ2n) is 7.24. The van der Waals surface area contributed by atoms with Gasteiger partial charge in [0.2, 0.25) is 0 Å².